The molecule has 0 aliphatic carbocycles. The van der Waals surface area contributed by atoms with Crippen LogP contribution in [0.1, 0.15) is 30.9 Å². The average Bonchev–Trinajstić information content (AvgIpc) is 3.05. The van der Waals surface area contributed by atoms with E-state index in [9.17, 15) is 4.79 Å². The molecule has 0 atom stereocenters. The summed E-state index contributed by atoms with van der Waals surface area (Å²) in [5.74, 6) is 0.923. The number of hydrogen-bond donors (Lipinski definition) is 1. The summed E-state index contributed by atoms with van der Waals surface area (Å²) in [6.07, 6.45) is 4.54. The number of amides is 1. The van der Waals surface area contributed by atoms with Crippen LogP contribution in [-0.4, -0.2) is 17.6 Å². The Morgan fingerprint density at radius 2 is 1.88 bits per heavy atom. The zero-order valence-electron chi connectivity index (χ0n) is 15.5. The molecule has 0 fully saturated rings. The van der Waals surface area contributed by atoms with E-state index in [0.29, 0.717) is 13.0 Å². The molecule has 0 saturated heterocycles. The molecule has 26 heavy (non-hydrogen) atoms. The molecule has 4 heteroatoms. The number of hydrogen-bond acceptors (Lipinski definition) is 2. The molecule has 0 aliphatic heterocycles. The lowest BCUT2D eigenvalue weighted by atomic mass is 10.1. The van der Waals surface area contributed by atoms with Gasteiger partial charge in [-0.2, -0.15) is 0 Å². The number of aromatic nitrogens is 1. The summed E-state index contributed by atoms with van der Waals surface area (Å²) in [5.41, 5.74) is 3.67. The summed E-state index contributed by atoms with van der Waals surface area (Å²) >= 11 is 0. The average molecular weight is 350 g/mol. The minimum Gasteiger partial charge on any atom is -0.497 e. The van der Waals surface area contributed by atoms with Gasteiger partial charge in [-0.25, -0.2) is 0 Å². The van der Waals surface area contributed by atoms with Gasteiger partial charge in [-0.15, -0.1) is 0 Å². The van der Waals surface area contributed by atoms with E-state index in [2.05, 4.69) is 47.3 Å². The van der Waals surface area contributed by atoms with E-state index in [-0.39, 0.29) is 5.91 Å². The maximum Gasteiger partial charge on any atom is 0.220 e. The number of carbonyl (C=O) groups excluding carboxylic acids is 1. The van der Waals surface area contributed by atoms with Crippen LogP contribution in [0, 0.1) is 0 Å². The fourth-order valence-electron chi connectivity index (χ4n) is 3.26. The standard InChI is InChI=1S/C22H26N2O2/c1-3-24-16-18(20-8-4-5-9-21(20)24)7-6-10-22(25)23-15-17-11-13-19(26-2)14-12-17/h4-5,8-9,11-14,16H,3,6-7,10,15H2,1-2H3,(H,23,25). The SMILES string of the molecule is CCn1cc(CCCC(=O)NCc2ccc(OC)cc2)c2ccccc21. The molecule has 0 spiro atoms. The lowest BCUT2D eigenvalue weighted by Gasteiger charge is -2.06. The molecule has 4 nitrogen and oxygen atoms in total. The van der Waals surface area contributed by atoms with Crippen molar-refractivity contribution in [1.29, 1.82) is 0 Å². The van der Waals surface area contributed by atoms with Crippen molar-refractivity contribution in [3.63, 3.8) is 0 Å². The van der Waals surface area contributed by atoms with Gasteiger partial charge in [0.25, 0.3) is 0 Å². The first-order valence-electron chi connectivity index (χ1n) is 9.17. The number of rotatable bonds is 8. The summed E-state index contributed by atoms with van der Waals surface area (Å²) in [6, 6.07) is 16.2. The summed E-state index contributed by atoms with van der Waals surface area (Å²) < 4.78 is 7.41. The number of benzene rings is 2. The zero-order valence-corrected chi connectivity index (χ0v) is 15.5. The number of nitrogens with zero attached hydrogens (tertiary/aromatic N) is 1. The molecular weight excluding hydrogens is 324 g/mol. The van der Waals surface area contributed by atoms with Gasteiger partial charge in [-0.1, -0.05) is 30.3 Å². The number of para-hydroxylation sites is 1. The fourth-order valence-corrected chi connectivity index (χ4v) is 3.26. The highest BCUT2D eigenvalue weighted by atomic mass is 16.5. The first-order chi connectivity index (χ1) is 12.7. The van der Waals surface area contributed by atoms with Crippen molar-refractivity contribution < 1.29 is 9.53 Å². The minimum absolute atomic E-state index is 0.0973. The van der Waals surface area contributed by atoms with Gasteiger partial charge in [0.1, 0.15) is 5.75 Å². The Balaban J connectivity index is 1.49. The van der Waals surface area contributed by atoms with E-state index in [1.165, 1.54) is 16.5 Å². The van der Waals surface area contributed by atoms with Crippen molar-refractivity contribution in [1.82, 2.24) is 9.88 Å². The molecule has 2 aromatic carbocycles. The van der Waals surface area contributed by atoms with Crippen molar-refractivity contribution in [3.05, 3.63) is 65.9 Å². The first kappa shape index (κ1) is 18.1. The van der Waals surface area contributed by atoms with E-state index in [1.54, 1.807) is 7.11 Å². The van der Waals surface area contributed by atoms with E-state index < -0.39 is 0 Å². The minimum atomic E-state index is 0.0973. The van der Waals surface area contributed by atoms with Crippen LogP contribution in [0.2, 0.25) is 0 Å². The predicted octanol–water partition coefficient (Wildman–Crippen LogP) is 4.31. The van der Waals surface area contributed by atoms with Crippen molar-refractivity contribution in [3.8, 4) is 5.75 Å². The predicted molar refractivity (Wildman–Crippen MR) is 105 cm³/mol. The van der Waals surface area contributed by atoms with Crippen LogP contribution in [0.25, 0.3) is 10.9 Å². The lowest BCUT2D eigenvalue weighted by molar-refractivity contribution is -0.121. The Morgan fingerprint density at radius 3 is 2.62 bits per heavy atom. The van der Waals surface area contributed by atoms with Crippen LogP contribution in [0.3, 0.4) is 0 Å². The van der Waals surface area contributed by atoms with Crippen LogP contribution in [0.5, 0.6) is 5.75 Å². The third-order valence-corrected chi connectivity index (χ3v) is 4.71. The Labute approximate surface area is 154 Å². The maximum atomic E-state index is 12.1. The van der Waals surface area contributed by atoms with Crippen molar-refractivity contribution in [2.75, 3.05) is 7.11 Å². The Morgan fingerprint density at radius 1 is 1.12 bits per heavy atom. The summed E-state index contributed by atoms with van der Waals surface area (Å²) in [4.78, 5) is 12.1. The van der Waals surface area contributed by atoms with E-state index in [0.717, 1.165) is 30.7 Å². The highest BCUT2D eigenvalue weighted by Crippen LogP contribution is 2.22. The first-order valence-corrected chi connectivity index (χ1v) is 9.17. The molecule has 3 aromatic rings. The molecule has 1 amide bonds. The summed E-state index contributed by atoms with van der Waals surface area (Å²) in [6.45, 7) is 3.67. The highest BCUT2D eigenvalue weighted by molar-refractivity contribution is 5.84. The van der Waals surface area contributed by atoms with Crippen LogP contribution >= 0.6 is 0 Å². The van der Waals surface area contributed by atoms with Crippen molar-refractivity contribution in [2.24, 2.45) is 0 Å². The monoisotopic (exact) mass is 350 g/mol. The highest BCUT2D eigenvalue weighted by Gasteiger charge is 2.08. The van der Waals surface area contributed by atoms with Crippen molar-refractivity contribution in [2.45, 2.75) is 39.3 Å². The van der Waals surface area contributed by atoms with Gasteiger partial charge < -0.3 is 14.6 Å². The maximum absolute atomic E-state index is 12.1. The Hall–Kier alpha value is -2.75. The van der Waals surface area contributed by atoms with Gasteiger partial charge in [-0.05, 0) is 49.1 Å². The van der Waals surface area contributed by atoms with E-state index >= 15 is 0 Å². The normalized spacial score (nSPS) is 10.8. The third-order valence-electron chi connectivity index (χ3n) is 4.71. The number of methoxy groups -OCH3 is 1. The van der Waals surface area contributed by atoms with Crippen LogP contribution in [-0.2, 0) is 24.3 Å². The second-order valence-electron chi connectivity index (χ2n) is 6.44. The number of aryl methyl sites for hydroxylation is 2. The van der Waals surface area contributed by atoms with Crippen LogP contribution in [0.4, 0.5) is 0 Å². The zero-order chi connectivity index (χ0) is 18.4. The molecule has 0 aliphatic rings. The topological polar surface area (TPSA) is 43.3 Å². The molecule has 0 saturated carbocycles. The fraction of sp³-hybridized carbons (Fsp3) is 0.318. The molecule has 3 rings (SSSR count). The largest absolute Gasteiger partial charge is 0.497 e. The number of nitrogens with one attached hydrogen (secondary N) is 1. The molecule has 1 aromatic heterocycles. The number of ether oxygens (including phenoxy) is 1. The van der Waals surface area contributed by atoms with E-state index in [1.807, 2.05) is 24.3 Å². The van der Waals surface area contributed by atoms with Gasteiger partial charge in [0, 0.05) is 36.6 Å². The van der Waals surface area contributed by atoms with E-state index in [4.69, 9.17) is 4.74 Å². The van der Waals surface area contributed by atoms with Gasteiger partial charge in [0.2, 0.25) is 5.91 Å². The number of fused-ring (bicyclic) bond motifs is 1. The second kappa shape index (κ2) is 8.56. The second-order valence-corrected chi connectivity index (χ2v) is 6.44. The molecular formula is C22H26N2O2. The van der Waals surface area contributed by atoms with Gasteiger partial charge in [0.15, 0.2) is 0 Å². The third kappa shape index (κ3) is 4.26. The molecule has 0 radical (unpaired) electrons. The summed E-state index contributed by atoms with van der Waals surface area (Å²) in [7, 11) is 1.65. The van der Waals surface area contributed by atoms with Crippen LogP contribution in [0.15, 0.2) is 54.7 Å². The molecule has 1 N–H and O–H groups in total. The molecule has 1 heterocycles. The Bertz CT molecular complexity index is 865. The number of carbonyl (C=O) groups is 1. The van der Waals surface area contributed by atoms with Crippen LogP contribution < -0.4 is 10.1 Å². The smallest absolute Gasteiger partial charge is 0.220 e. The van der Waals surface area contributed by atoms with Gasteiger partial charge in [0.05, 0.1) is 7.11 Å². The molecule has 0 unspecified atom stereocenters. The quantitative estimate of drug-likeness (QED) is 0.658. The lowest BCUT2D eigenvalue weighted by Crippen LogP contribution is -2.22. The van der Waals surface area contributed by atoms with Gasteiger partial charge in [-0.3, -0.25) is 4.79 Å². The van der Waals surface area contributed by atoms with Crippen molar-refractivity contribution >= 4 is 16.8 Å². The van der Waals surface area contributed by atoms with Gasteiger partial charge >= 0.3 is 0 Å². The molecule has 0 bridgehead atoms. The Kier molecular flexibility index (Phi) is 5.95. The molecule has 136 valence electrons. The summed E-state index contributed by atoms with van der Waals surface area (Å²) in [5, 5.41) is 4.29.